The number of hydrogen-bond donors (Lipinski definition) is 1. The molecular weight excluding hydrogens is 586 g/mol. The number of hydrogen-bond acceptors (Lipinski definition) is 6. The molecule has 1 aliphatic carbocycles. The Hall–Kier alpha value is -2.17. The summed E-state index contributed by atoms with van der Waals surface area (Å²) in [7, 11) is 2.25. The highest BCUT2D eigenvalue weighted by molar-refractivity contribution is 7.89. The number of carbonyl (C=O) groups excluding carboxylic acids is 1. The molecule has 2 aromatic rings. The van der Waals surface area contributed by atoms with Crippen LogP contribution in [-0.4, -0.2) is 77.1 Å². The van der Waals surface area contributed by atoms with Crippen LogP contribution in [0.1, 0.15) is 69.4 Å². The van der Waals surface area contributed by atoms with Gasteiger partial charge in [-0.05, 0) is 106 Å². The van der Waals surface area contributed by atoms with E-state index in [1.54, 1.807) is 35.7 Å². The van der Waals surface area contributed by atoms with Gasteiger partial charge in [-0.2, -0.15) is 4.31 Å². The zero-order valence-electron chi connectivity index (χ0n) is 25.8. The van der Waals surface area contributed by atoms with E-state index in [0.717, 1.165) is 30.7 Å². The van der Waals surface area contributed by atoms with Crippen LogP contribution in [-0.2, 0) is 19.6 Å². The first-order chi connectivity index (χ1) is 20.7. The Labute approximate surface area is 263 Å². The monoisotopic (exact) mass is 633 g/mol. The number of ether oxygens (including phenoxy) is 2. The van der Waals surface area contributed by atoms with Gasteiger partial charge in [-0.15, -0.1) is 0 Å². The highest BCUT2D eigenvalue weighted by atomic mass is 35.5. The number of methoxy groups -OCH3 is 1. The minimum Gasteiger partial charge on any atom is -0.497 e. The van der Waals surface area contributed by atoms with Crippen molar-refractivity contribution in [2.45, 2.75) is 74.8 Å². The molecular formula is C33H48ClN3O5S. The smallest absolute Gasteiger partial charge is 0.245 e. The molecule has 2 aliphatic rings. The normalized spacial score (nSPS) is 22.3. The number of piperidine rings is 1. The number of carbonyl (C=O) groups is 1. The highest BCUT2D eigenvalue weighted by Gasteiger charge is 2.33. The van der Waals surface area contributed by atoms with Crippen molar-refractivity contribution in [1.29, 1.82) is 0 Å². The molecule has 0 radical (unpaired) electrons. The molecule has 1 aliphatic heterocycles. The van der Waals surface area contributed by atoms with Crippen molar-refractivity contribution in [3.8, 4) is 5.75 Å². The second-order valence-electron chi connectivity index (χ2n) is 12.2. The first-order valence-corrected chi connectivity index (χ1v) is 17.4. The van der Waals surface area contributed by atoms with Crippen LogP contribution < -0.4 is 10.1 Å². The van der Waals surface area contributed by atoms with Crippen LogP contribution in [0.3, 0.4) is 0 Å². The first kappa shape index (κ1) is 33.7. The second-order valence-corrected chi connectivity index (χ2v) is 14.5. The van der Waals surface area contributed by atoms with Crippen molar-refractivity contribution in [3.05, 3.63) is 59.1 Å². The van der Waals surface area contributed by atoms with E-state index < -0.39 is 10.0 Å². The van der Waals surface area contributed by atoms with Gasteiger partial charge in [0.05, 0.1) is 12.0 Å². The molecule has 0 spiro atoms. The number of sulfonamides is 1. The van der Waals surface area contributed by atoms with E-state index in [2.05, 4.69) is 36.4 Å². The van der Waals surface area contributed by atoms with Gasteiger partial charge < -0.3 is 19.7 Å². The number of nitrogens with zero attached hydrogens (tertiary/aromatic N) is 2. The summed E-state index contributed by atoms with van der Waals surface area (Å²) in [5.74, 6) is 1.74. The molecule has 1 amide bonds. The third-order valence-electron chi connectivity index (χ3n) is 9.05. The minimum atomic E-state index is -3.61. The van der Waals surface area contributed by atoms with Crippen LogP contribution in [0.15, 0.2) is 53.4 Å². The fraction of sp³-hybridized carbons (Fsp3) is 0.606. The van der Waals surface area contributed by atoms with E-state index in [1.165, 1.54) is 31.2 Å². The van der Waals surface area contributed by atoms with Crippen molar-refractivity contribution in [3.63, 3.8) is 0 Å². The standard InChI is InChI=1S/C33H48ClN3O5S/c1-36(2)33(27-11-13-28(34)14-12-27)26-9-7-25(8-10-26)19-21-35-32(38)24-42-23-20-29-6-4-5-22-37(29)43(39,40)31-17-15-30(41-3)16-18-31/h11-18,25-26,29,33H,4-10,19-24H2,1-3H3,(H,35,38). The molecule has 2 aromatic carbocycles. The van der Waals surface area contributed by atoms with Gasteiger partial charge in [-0.3, -0.25) is 4.79 Å². The molecule has 0 bridgehead atoms. The molecule has 1 N–H and O–H groups in total. The maximum atomic E-state index is 13.3. The summed E-state index contributed by atoms with van der Waals surface area (Å²) < 4.78 is 39.1. The minimum absolute atomic E-state index is 0.00367. The molecule has 0 aromatic heterocycles. The lowest BCUT2D eigenvalue weighted by atomic mass is 9.75. The molecule has 43 heavy (non-hydrogen) atoms. The lowest BCUT2D eigenvalue weighted by molar-refractivity contribution is -0.125. The Morgan fingerprint density at radius 3 is 2.35 bits per heavy atom. The molecule has 238 valence electrons. The first-order valence-electron chi connectivity index (χ1n) is 15.6. The summed E-state index contributed by atoms with van der Waals surface area (Å²) in [4.78, 5) is 15.0. The van der Waals surface area contributed by atoms with Crippen LogP contribution in [0.2, 0.25) is 5.02 Å². The SMILES string of the molecule is COc1ccc(S(=O)(=O)N2CCCCC2CCOCC(=O)NCCC2CCC(C(c3ccc(Cl)cc3)N(C)C)CC2)cc1. The number of benzene rings is 2. The van der Waals surface area contributed by atoms with Crippen LogP contribution >= 0.6 is 11.6 Å². The summed E-state index contributed by atoms with van der Waals surface area (Å²) in [6, 6.07) is 15.0. The molecule has 2 unspecified atom stereocenters. The van der Waals surface area contributed by atoms with Crippen LogP contribution in [0.5, 0.6) is 5.75 Å². The summed E-state index contributed by atoms with van der Waals surface area (Å²) in [5.41, 5.74) is 1.32. The van der Waals surface area contributed by atoms with Gasteiger partial charge in [0.2, 0.25) is 15.9 Å². The number of nitrogens with one attached hydrogen (secondary N) is 1. The van der Waals surface area contributed by atoms with Gasteiger partial charge >= 0.3 is 0 Å². The van der Waals surface area contributed by atoms with Gasteiger partial charge in [-0.1, -0.05) is 43.0 Å². The molecule has 2 fully saturated rings. The lowest BCUT2D eigenvalue weighted by Crippen LogP contribution is -2.44. The van der Waals surface area contributed by atoms with Crippen molar-refractivity contribution in [1.82, 2.24) is 14.5 Å². The maximum Gasteiger partial charge on any atom is 0.245 e. The van der Waals surface area contributed by atoms with E-state index >= 15 is 0 Å². The molecule has 1 saturated carbocycles. The van der Waals surface area contributed by atoms with Crippen LogP contribution in [0.4, 0.5) is 0 Å². The number of halogens is 1. The van der Waals surface area contributed by atoms with Gasteiger partial charge in [0.15, 0.2) is 0 Å². The Morgan fingerprint density at radius 2 is 1.70 bits per heavy atom. The third kappa shape index (κ3) is 9.41. The quantitative estimate of drug-likeness (QED) is 0.260. The van der Waals surface area contributed by atoms with Crippen molar-refractivity contribution < 1.29 is 22.7 Å². The summed E-state index contributed by atoms with van der Waals surface area (Å²) in [5, 5.41) is 3.78. The van der Waals surface area contributed by atoms with E-state index in [4.69, 9.17) is 21.1 Å². The molecule has 10 heteroatoms. The number of rotatable bonds is 14. The van der Waals surface area contributed by atoms with Gasteiger partial charge in [0.25, 0.3) is 0 Å². The van der Waals surface area contributed by atoms with E-state index in [0.29, 0.717) is 49.7 Å². The summed E-state index contributed by atoms with van der Waals surface area (Å²) in [6.45, 7) is 1.49. The van der Waals surface area contributed by atoms with Gasteiger partial charge in [-0.25, -0.2) is 8.42 Å². The van der Waals surface area contributed by atoms with E-state index in [9.17, 15) is 13.2 Å². The zero-order valence-corrected chi connectivity index (χ0v) is 27.4. The summed E-state index contributed by atoms with van der Waals surface area (Å²) >= 11 is 6.11. The molecule has 4 rings (SSSR count). The van der Waals surface area contributed by atoms with Crippen molar-refractivity contribution in [2.75, 3.05) is 47.5 Å². The molecule has 1 saturated heterocycles. The highest BCUT2D eigenvalue weighted by Crippen LogP contribution is 2.40. The second kappa shape index (κ2) is 16.2. The Bertz CT molecular complexity index is 1250. The Kier molecular flexibility index (Phi) is 12.7. The maximum absolute atomic E-state index is 13.3. The Balaban J connectivity index is 1.14. The average Bonchev–Trinajstić information content (AvgIpc) is 3.01. The van der Waals surface area contributed by atoms with Gasteiger partial charge in [0.1, 0.15) is 12.4 Å². The van der Waals surface area contributed by atoms with Gasteiger partial charge in [0, 0.05) is 36.8 Å². The van der Waals surface area contributed by atoms with Crippen molar-refractivity contribution in [2.24, 2.45) is 11.8 Å². The molecule has 2 atom stereocenters. The third-order valence-corrected chi connectivity index (χ3v) is 11.3. The van der Waals surface area contributed by atoms with E-state index in [1.807, 2.05) is 12.1 Å². The zero-order chi connectivity index (χ0) is 30.8. The predicted octanol–water partition coefficient (Wildman–Crippen LogP) is 5.91. The van der Waals surface area contributed by atoms with Crippen LogP contribution in [0.25, 0.3) is 0 Å². The molecule has 1 heterocycles. The molecule has 8 nitrogen and oxygen atoms in total. The fourth-order valence-corrected chi connectivity index (χ4v) is 8.61. The topological polar surface area (TPSA) is 88.2 Å². The fourth-order valence-electron chi connectivity index (χ4n) is 6.76. The number of amides is 1. The largest absolute Gasteiger partial charge is 0.497 e. The van der Waals surface area contributed by atoms with Crippen LogP contribution in [0, 0.1) is 11.8 Å². The average molecular weight is 634 g/mol. The van der Waals surface area contributed by atoms with Crippen molar-refractivity contribution >= 4 is 27.5 Å². The van der Waals surface area contributed by atoms with E-state index in [-0.39, 0.29) is 23.5 Å². The predicted molar refractivity (Wildman–Crippen MR) is 171 cm³/mol. The lowest BCUT2D eigenvalue weighted by Gasteiger charge is -2.37. The Morgan fingerprint density at radius 1 is 1.00 bits per heavy atom. The summed E-state index contributed by atoms with van der Waals surface area (Å²) in [6.07, 6.45) is 8.87.